The van der Waals surface area contributed by atoms with E-state index in [0.29, 0.717) is 12.3 Å². The molecule has 6 nitrogen and oxygen atoms in total. The van der Waals surface area contributed by atoms with Crippen molar-refractivity contribution >= 4 is 34.6 Å². The van der Waals surface area contributed by atoms with Crippen LogP contribution in [0.25, 0.3) is 6.08 Å². The van der Waals surface area contributed by atoms with Crippen LogP contribution in [0.4, 0.5) is 0 Å². The second kappa shape index (κ2) is 8.78. The van der Waals surface area contributed by atoms with Crippen molar-refractivity contribution in [2.24, 2.45) is 0 Å². The molecule has 0 saturated carbocycles. The number of β-lactam (4-membered cyclic amide) rings is 1. The summed E-state index contributed by atoms with van der Waals surface area (Å²) in [6.45, 7) is 4.27. The predicted octanol–water partition coefficient (Wildman–Crippen LogP) is 4.04. The van der Waals surface area contributed by atoms with Gasteiger partial charge in [0.05, 0.1) is 10.0 Å². The Hall–Kier alpha value is -1.94. The average Bonchev–Trinajstić information content (AvgIpc) is 3.25. The largest absolute Gasteiger partial charge is 0.478 e. The van der Waals surface area contributed by atoms with Crippen molar-refractivity contribution in [1.82, 2.24) is 4.90 Å². The van der Waals surface area contributed by atoms with Gasteiger partial charge in [-0.1, -0.05) is 83.3 Å². The van der Waals surface area contributed by atoms with Gasteiger partial charge in [-0.2, -0.15) is 0 Å². The molecule has 0 N–H and O–H groups in total. The monoisotopic (exact) mass is 547 g/mol. The lowest BCUT2D eigenvalue weighted by molar-refractivity contribution is -0.220. The molecular formula is C25H26INO5. The van der Waals surface area contributed by atoms with Gasteiger partial charge in [0.1, 0.15) is 17.9 Å². The van der Waals surface area contributed by atoms with E-state index in [-0.39, 0.29) is 28.1 Å². The van der Waals surface area contributed by atoms with Crippen molar-refractivity contribution in [2.75, 3.05) is 6.54 Å². The number of benzene rings is 2. The van der Waals surface area contributed by atoms with Gasteiger partial charge in [0.15, 0.2) is 18.2 Å². The van der Waals surface area contributed by atoms with Crippen molar-refractivity contribution < 1.29 is 23.7 Å². The molecule has 1 amide bonds. The molecule has 0 unspecified atom stereocenters. The van der Waals surface area contributed by atoms with Gasteiger partial charge in [-0.05, 0) is 31.5 Å². The standard InChI is InChI=1S/C25H26INO5/c1-25(2)31-21-18(26)20(30-24(21)32-25)19-22(29-17-13-7-4-8-14-17)23(28)27(19)15-9-12-16-10-5-3-6-11-16/h3-14,18-22,24H,15H2,1-2H3/b12-9+/t18-,19+,20+,21-,22-,24-/m1/s1. The summed E-state index contributed by atoms with van der Waals surface area (Å²) >= 11 is 2.36. The lowest BCUT2D eigenvalue weighted by Crippen LogP contribution is -2.72. The smallest absolute Gasteiger partial charge is 0.266 e. The predicted molar refractivity (Wildman–Crippen MR) is 128 cm³/mol. The maximum atomic E-state index is 13.1. The number of nitrogens with zero attached hydrogens (tertiary/aromatic N) is 1. The number of likely N-dealkylation sites (tertiary alicyclic amines) is 1. The molecule has 6 atom stereocenters. The number of hydrogen-bond donors (Lipinski definition) is 0. The van der Waals surface area contributed by atoms with Gasteiger partial charge in [-0.25, -0.2) is 0 Å². The van der Waals surface area contributed by atoms with Crippen molar-refractivity contribution in [1.29, 1.82) is 0 Å². The van der Waals surface area contributed by atoms with Crippen LogP contribution in [0, 0.1) is 0 Å². The highest BCUT2D eigenvalue weighted by Crippen LogP contribution is 2.45. The Morgan fingerprint density at radius 1 is 1.03 bits per heavy atom. The molecule has 2 aromatic rings. The highest BCUT2D eigenvalue weighted by molar-refractivity contribution is 14.1. The SMILES string of the molecule is CC1(C)O[C@H]2O[C@H]([C@H]3[C@@H](Oc4ccccc4)C(=O)N3C/C=C/c3ccccc3)[C@@H](I)[C@H]2O1. The Balaban J connectivity index is 1.34. The average molecular weight is 547 g/mol. The van der Waals surface area contributed by atoms with E-state index in [1.54, 1.807) is 0 Å². The molecule has 32 heavy (non-hydrogen) atoms. The molecule has 3 heterocycles. The van der Waals surface area contributed by atoms with E-state index in [9.17, 15) is 4.79 Å². The van der Waals surface area contributed by atoms with E-state index in [1.165, 1.54) is 0 Å². The first-order valence-corrected chi connectivity index (χ1v) is 12.1. The van der Waals surface area contributed by atoms with Crippen LogP contribution < -0.4 is 4.74 Å². The summed E-state index contributed by atoms with van der Waals surface area (Å²) in [4.78, 5) is 14.9. The maximum Gasteiger partial charge on any atom is 0.266 e. The molecule has 168 valence electrons. The first-order valence-electron chi connectivity index (χ1n) is 10.8. The summed E-state index contributed by atoms with van der Waals surface area (Å²) < 4.78 is 24.5. The summed E-state index contributed by atoms with van der Waals surface area (Å²) in [6, 6.07) is 19.3. The lowest BCUT2D eigenvalue weighted by Gasteiger charge is -2.49. The van der Waals surface area contributed by atoms with Crippen LogP contribution in [0.2, 0.25) is 0 Å². The zero-order valence-electron chi connectivity index (χ0n) is 18.0. The molecule has 0 bridgehead atoms. The second-order valence-electron chi connectivity index (χ2n) is 8.66. The van der Waals surface area contributed by atoms with Gasteiger partial charge in [0.2, 0.25) is 0 Å². The summed E-state index contributed by atoms with van der Waals surface area (Å²) in [6.07, 6.45) is 2.57. The zero-order chi connectivity index (χ0) is 22.3. The van der Waals surface area contributed by atoms with E-state index in [2.05, 4.69) is 22.6 Å². The van der Waals surface area contributed by atoms with Crippen LogP contribution in [-0.2, 0) is 19.0 Å². The van der Waals surface area contributed by atoms with Gasteiger partial charge in [0.25, 0.3) is 5.91 Å². The van der Waals surface area contributed by atoms with Crippen LogP contribution in [0.15, 0.2) is 66.7 Å². The number of hydrogen-bond acceptors (Lipinski definition) is 5. The van der Waals surface area contributed by atoms with E-state index in [1.807, 2.05) is 91.6 Å². The van der Waals surface area contributed by atoms with Crippen molar-refractivity contribution in [2.45, 2.75) is 54.2 Å². The van der Waals surface area contributed by atoms with Crippen molar-refractivity contribution in [3.05, 3.63) is 72.3 Å². The third-order valence-corrected chi connectivity index (χ3v) is 7.38. The molecule has 3 aliphatic heterocycles. The van der Waals surface area contributed by atoms with E-state index in [4.69, 9.17) is 18.9 Å². The van der Waals surface area contributed by atoms with Crippen LogP contribution in [-0.4, -0.2) is 57.7 Å². The van der Waals surface area contributed by atoms with Crippen LogP contribution in [0.3, 0.4) is 0 Å². The minimum Gasteiger partial charge on any atom is -0.478 e. The number of fused-ring (bicyclic) bond motifs is 1. The molecular weight excluding hydrogens is 521 g/mol. The van der Waals surface area contributed by atoms with Gasteiger partial charge >= 0.3 is 0 Å². The normalized spacial score (nSPS) is 33.3. The van der Waals surface area contributed by atoms with Gasteiger partial charge in [0, 0.05) is 6.54 Å². The fourth-order valence-corrected chi connectivity index (χ4v) is 5.58. The topological polar surface area (TPSA) is 57.2 Å². The van der Waals surface area contributed by atoms with Crippen molar-refractivity contribution in [3.8, 4) is 5.75 Å². The Morgan fingerprint density at radius 3 is 2.41 bits per heavy atom. The Morgan fingerprint density at radius 2 is 1.72 bits per heavy atom. The minimum absolute atomic E-state index is 0.0277. The lowest BCUT2D eigenvalue weighted by atomic mass is 9.90. The second-order valence-corrected chi connectivity index (χ2v) is 10.1. The van der Waals surface area contributed by atoms with Crippen molar-refractivity contribution in [3.63, 3.8) is 0 Å². The molecule has 0 radical (unpaired) electrons. The summed E-state index contributed by atoms with van der Waals surface area (Å²) in [5.74, 6) is -0.0350. The van der Waals surface area contributed by atoms with Gasteiger partial charge in [-0.15, -0.1) is 0 Å². The number of ether oxygens (including phenoxy) is 4. The van der Waals surface area contributed by atoms with Crippen LogP contribution in [0.1, 0.15) is 19.4 Å². The van der Waals surface area contributed by atoms with Gasteiger partial charge in [-0.3, -0.25) is 4.79 Å². The number of carbonyl (C=O) groups is 1. The van der Waals surface area contributed by atoms with Crippen LogP contribution in [0.5, 0.6) is 5.75 Å². The Labute approximate surface area is 201 Å². The zero-order valence-corrected chi connectivity index (χ0v) is 20.1. The van der Waals surface area contributed by atoms with E-state index >= 15 is 0 Å². The fourth-order valence-electron chi connectivity index (χ4n) is 4.50. The first kappa shape index (κ1) is 21.9. The summed E-state index contributed by atoms with van der Waals surface area (Å²) in [5, 5.41) is 0. The maximum absolute atomic E-state index is 13.1. The number of rotatable bonds is 6. The molecule has 0 aliphatic carbocycles. The first-order chi connectivity index (χ1) is 15.4. The Bertz CT molecular complexity index is 982. The van der Waals surface area contributed by atoms with Gasteiger partial charge < -0.3 is 23.8 Å². The number of para-hydroxylation sites is 1. The highest BCUT2D eigenvalue weighted by atomic mass is 127. The molecule has 0 aromatic heterocycles. The highest BCUT2D eigenvalue weighted by Gasteiger charge is 2.62. The molecule has 7 heteroatoms. The molecule has 2 aromatic carbocycles. The number of carbonyl (C=O) groups excluding carboxylic acids is 1. The summed E-state index contributed by atoms with van der Waals surface area (Å²) in [7, 11) is 0. The molecule has 0 spiro atoms. The quantitative estimate of drug-likeness (QED) is 0.311. The Kier molecular flexibility index (Phi) is 6.00. The molecule has 3 fully saturated rings. The number of halogens is 1. The van der Waals surface area contributed by atoms with E-state index in [0.717, 1.165) is 5.56 Å². The molecule has 3 aliphatic rings. The molecule has 3 saturated heterocycles. The third-order valence-electron chi connectivity index (χ3n) is 5.96. The third kappa shape index (κ3) is 4.19. The number of amides is 1. The van der Waals surface area contributed by atoms with Crippen LogP contribution >= 0.6 is 22.6 Å². The van der Waals surface area contributed by atoms with E-state index < -0.39 is 18.2 Å². The minimum atomic E-state index is -0.669. The summed E-state index contributed by atoms with van der Waals surface area (Å²) in [5.41, 5.74) is 1.09. The molecule has 5 rings (SSSR count). The number of alkyl halides is 1. The fraction of sp³-hybridized carbons (Fsp3) is 0.400.